The molecule has 162 valence electrons. The van der Waals surface area contributed by atoms with Crippen LogP contribution in [0.15, 0.2) is 79.4 Å². The van der Waals surface area contributed by atoms with Gasteiger partial charge in [0.2, 0.25) is 11.8 Å². The van der Waals surface area contributed by atoms with Crippen LogP contribution in [0, 0.1) is 0 Å². The highest BCUT2D eigenvalue weighted by Gasteiger charge is 2.36. The number of benzene rings is 1. The third-order valence-electron chi connectivity index (χ3n) is 4.55. The van der Waals surface area contributed by atoms with Gasteiger partial charge >= 0.3 is 6.18 Å². The van der Waals surface area contributed by atoms with Gasteiger partial charge in [-0.3, -0.25) is 9.97 Å². The Labute approximate surface area is 182 Å². The number of alkyl halides is 3. The second kappa shape index (κ2) is 9.42. The third kappa shape index (κ3) is 5.37. The van der Waals surface area contributed by atoms with Gasteiger partial charge in [0.25, 0.3) is 0 Å². The molecule has 0 unspecified atom stereocenters. The molecule has 6 nitrogen and oxygen atoms in total. The van der Waals surface area contributed by atoms with E-state index in [0.717, 1.165) is 23.0 Å². The molecule has 3 aromatic heterocycles. The van der Waals surface area contributed by atoms with Crippen molar-refractivity contribution >= 4 is 5.95 Å². The number of nitrogens with one attached hydrogen (secondary N) is 1. The molecule has 0 radical (unpaired) electrons. The zero-order chi connectivity index (χ0) is 22.4. The Morgan fingerprint density at radius 1 is 0.844 bits per heavy atom. The Bertz CT molecular complexity index is 1150. The Kier molecular flexibility index (Phi) is 6.25. The topological polar surface area (TPSA) is 72.8 Å². The molecule has 0 saturated carbocycles. The van der Waals surface area contributed by atoms with E-state index in [9.17, 15) is 13.2 Å². The van der Waals surface area contributed by atoms with Gasteiger partial charge in [0.05, 0.1) is 5.69 Å². The van der Waals surface area contributed by atoms with Crippen molar-refractivity contribution in [3.63, 3.8) is 0 Å². The van der Waals surface area contributed by atoms with E-state index in [0.29, 0.717) is 12.1 Å². The fourth-order valence-corrected chi connectivity index (χ4v) is 2.89. The number of aromatic nitrogens is 4. The summed E-state index contributed by atoms with van der Waals surface area (Å²) in [7, 11) is 0. The van der Waals surface area contributed by atoms with Crippen LogP contribution in [0.3, 0.4) is 0 Å². The average molecular weight is 437 g/mol. The van der Waals surface area contributed by atoms with Crippen LogP contribution in [0.25, 0.3) is 11.3 Å². The van der Waals surface area contributed by atoms with E-state index in [1.807, 2.05) is 42.5 Å². The van der Waals surface area contributed by atoms with Crippen molar-refractivity contribution in [2.24, 2.45) is 0 Å². The summed E-state index contributed by atoms with van der Waals surface area (Å²) in [6, 6.07) is 16.6. The monoisotopic (exact) mass is 437 g/mol. The minimum absolute atomic E-state index is 0.0385. The summed E-state index contributed by atoms with van der Waals surface area (Å²) >= 11 is 0. The lowest BCUT2D eigenvalue weighted by Gasteiger charge is -2.14. The molecular formula is C23H18F3N5O. The van der Waals surface area contributed by atoms with Crippen molar-refractivity contribution in [1.82, 2.24) is 19.9 Å². The smallest absolute Gasteiger partial charge is 0.423 e. The first-order valence-electron chi connectivity index (χ1n) is 9.69. The fourth-order valence-electron chi connectivity index (χ4n) is 2.89. The van der Waals surface area contributed by atoms with Gasteiger partial charge in [-0.25, -0.2) is 4.98 Å². The van der Waals surface area contributed by atoms with Crippen LogP contribution in [0.2, 0.25) is 0 Å². The SMILES string of the molecule is FC(F)(F)c1cnc(NCc2ccc(-c3ccccn3)cc2)nc1OCc1ccncc1. The number of hydrogen-bond donors (Lipinski definition) is 1. The number of nitrogens with zero attached hydrogens (tertiary/aromatic N) is 4. The summed E-state index contributed by atoms with van der Waals surface area (Å²) in [4.78, 5) is 15.9. The predicted octanol–water partition coefficient (Wildman–Crippen LogP) is 5.14. The van der Waals surface area contributed by atoms with Gasteiger partial charge in [-0.1, -0.05) is 30.3 Å². The highest BCUT2D eigenvalue weighted by Crippen LogP contribution is 2.35. The molecule has 0 fully saturated rings. The lowest BCUT2D eigenvalue weighted by molar-refractivity contribution is -0.139. The normalized spacial score (nSPS) is 11.2. The molecule has 1 aromatic carbocycles. The quantitative estimate of drug-likeness (QED) is 0.432. The Morgan fingerprint density at radius 3 is 2.31 bits per heavy atom. The third-order valence-corrected chi connectivity index (χ3v) is 4.55. The summed E-state index contributed by atoms with van der Waals surface area (Å²) in [6.07, 6.45) is 0.890. The second-order valence-corrected chi connectivity index (χ2v) is 6.82. The van der Waals surface area contributed by atoms with Crippen molar-refractivity contribution in [2.75, 3.05) is 5.32 Å². The minimum atomic E-state index is -4.63. The Balaban J connectivity index is 1.46. The highest BCUT2D eigenvalue weighted by atomic mass is 19.4. The molecule has 4 rings (SSSR count). The standard InChI is InChI=1S/C23H18F3N5O/c24-23(25,26)19-14-30-22(31-21(19)32-15-17-8-11-27-12-9-17)29-13-16-4-6-18(7-5-16)20-3-1-2-10-28-20/h1-12,14H,13,15H2,(H,29,30,31). The largest absolute Gasteiger partial charge is 0.472 e. The zero-order valence-electron chi connectivity index (χ0n) is 16.8. The molecule has 0 bridgehead atoms. The summed E-state index contributed by atoms with van der Waals surface area (Å²) in [5.74, 6) is -0.492. The molecule has 0 amide bonds. The predicted molar refractivity (Wildman–Crippen MR) is 113 cm³/mol. The molecule has 0 aliphatic carbocycles. The number of halogens is 3. The highest BCUT2D eigenvalue weighted by molar-refractivity contribution is 5.59. The van der Waals surface area contributed by atoms with Gasteiger partial charge in [0.1, 0.15) is 12.2 Å². The maximum atomic E-state index is 13.3. The van der Waals surface area contributed by atoms with Gasteiger partial charge in [0, 0.05) is 36.9 Å². The number of hydrogen-bond acceptors (Lipinski definition) is 6. The molecule has 0 aliphatic heterocycles. The van der Waals surface area contributed by atoms with Crippen LogP contribution in [0.1, 0.15) is 16.7 Å². The van der Waals surface area contributed by atoms with Crippen molar-refractivity contribution in [1.29, 1.82) is 0 Å². The number of rotatable bonds is 7. The summed E-state index contributed by atoms with van der Waals surface area (Å²) in [6.45, 7) is 0.259. The van der Waals surface area contributed by atoms with Gasteiger partial charge in [-0.2, -0.15) is 18.2 Å². The van der Waals surface area contributed by atoms with E-state index in [1.165, 1.54) is 12.4 Å². The molecular weight excluding hydrogens is 419 g/mol. The molecule has 0 saturated heterocycles. The van der Waals surface area contributed by atoms with E-state index in [1.54, 1.807) is 18.3 Å². The lowest BCUT2D eigenvalue weighted by atomic mass is 10.1. The first-order chi connectivity index (χ1) is 15.5. The second-order valence-electron chi connectivity index (χ2n) is 6.82. The molecule has 3 heterocycles. The zero-order valence-corrected chi connectivity index (χ0v) is 16.8. The first-order valence-corrected chi connectivity index (χ1v) is 9.69. The van der Waals surface area contributed by atoms with Gasteiger partial charge in [-0.05, 0) is 35.4 Å². The van der Waals surface area contributed by atoms with Gasteiger partial charge < -0.3 is 10.1 Å². The summed E-state index contributed by atoms with van der Waals surface area (Å²) < 4.78 is 45.4. The number of ether oxygens (including phenoxy) is 1. The van der Waals surface area contributed by atoms with Crippen molar-refractivity contribution in [3.8, 4) is 17.1 Å². The van der Waals surface area contributed by atoms with E-state index in [-0.39, 0.29) is 12.6 Å². The van der Waals surface area contributed by atoms with Crippen LogP contribution in [0.5, 0.6) is 5.88 Å². The van der Waals surface area contributed by atoms with Crippen molar-refractivity contribution in [3.05, 3.63) is 96.1 Å². The maximum absolute atomic E-state index is 13.3. The Morgan fingerprint density at radius 2 is 1.62 bits per heavy atom. The van der Waals surface area contributed by atoms with Crippen LogP contribution in [-0.2, 0) is 19.3 Å². The molecule has 0 atom stereocenters. The number of pyridine rings is 2. The maximum Gasteiger partial charge on any atom is 0.423 e. The van der Waals surface area contributed by atoms with Crippen molar-refractivity contribution in [2.45, 2.75) is 19.3 Å². The molecule has 4 aromatic rings. The molecule has 32 heavy (non-hydrogen) atoms. The molecule has 9 heteroatoms. The van der Waals surface area contributed by atoms with Crippen LogP contribution in [-0.4, -0.2) is 19.9 Å². The van der Waals surface area contributed by atoms with Crippen LogP contribution < -0.4 is 10.1 Å². The van der Waals surface area contributed by atoms with Crippen LogP contribution >= 0.6 is 0 Å². The summed E-state index contributed by atoms with van der Waals surface area (Å²) in [5, 5.41) is 2.94. The lowest BCUT2D eigenvalue weighted by Crippen LogP contribution is -2.13. The minimum Gasteiger partial charge on any atom is -0.472 e. The van der Waals surface area contributed by atoms with E-state index >= 15 is 0 Å². The Hall–Kier alpha value is -4.01. The number of anilines is 1. The van der Waals surface area contributed by atoms with Gasteiger partial charge in [-0.15, -0.1) is 0 Å². The van der Waals surface area contributed by atoms with Crippen LogP contribution in [0.4, 0.5) is 19.1 Å². The molecule has 0 aliphatic rings. The van der Waals surface area contributed by atoms with E-state index in [4.69, 9.17) is 4.74 Å². The first kappa shape index (κ1) is 21.2. The van der Waals surface area contributed by atoms with E-state index < -0.39 is 17.6 Å². The van der Waals surface area contributed by atoms with Crippen molar-refractivity contribution < 1.29 is 17.9 Å². The fraction of sp³-hybridized carbons (Fsp3) is 0.130. The van der Waals surface area contributed by atoms with Gasteiger partial charge in [0.15, 0.2) is 0 Å². The van der Waals surface area contributed by atoms with E-state index in [2.05, 4.69) is 25.3 Å². The molecule has 1 N–H and O–H groups in total. The average Bonchev–Trinajstić information content (AvgIpc) is 2.82. The summed E-state index contributed by atoms with van der Waals surface area (Å²) in [5.41, 5.74) is 2.37. The molecule has 0 spiro atoms.